The lowest BCUT2D eigenvalue weighted by atomic mass is 10.0. The first-order valence-electron chi connectivity index (χ1n) is 9.91. The molecule has 0 saturated carbocycles. The van der Waals surface area contributed by atoms with E-state index in [0.29, 0.717) is 19.5 Å². The molecule has 1 saturated heterocycles. The number of hydrogen-bond acceptors (Lipinski definition) is 4. The summed E-state index contributed by atoms with van der Waals surface area (Å²) < 4.78 is 6.10. The van der Waals surface area contributed by atoms with E-state index in [2.05, 4.69) is 26.6 Å². The fourth-order valence-corrected chi connectivity index (χ4v) is 3.57. The third-order valence-corrected chi connectivity index (χ3v) is 4.97. The zero-order valence-electron chi connectivity index (χ0n) is 17.3. The summed E-state index contributed by atoms with van der Waals surface area (Å²) in [5.74, 6) is -0.00518. The number of alkyl carbamates (subject to hydrolysis) is 1. The summed E-state index contributed by atoms with van der Waals surface area (Å²) in [7, 11) is 0. The van der Waals surface area contributed by atoms with Gasteiger partial charge in [-0.1, -0.05) is 28.1 Å². The van der Waals surface area contributed by atoms with Crippen molar-refractivity contribution in [2.45, 2.75) is 58.1 Å². The predicted octanol–water partition coefficient (Wildman–Crippen LogP) is 3.01. The molecule has 1 aromatic carbocycles. The van der Waals surface area contributed by atoms with Crippen LogP contribution in [0.3, 0.4) is 0 Å². The van der Waals surface area contributed by atoms with Gasteiger partial charge in [-0.3, -0.25) is 9.59 Å². The molecule has 0 radical (unpaired) electrons. The summed E-state index contributed by atoms with van der Waals surface area (Å²) in [4.78, 5) is 38.0. The highest BCUT2D eigenvalue weighted by atomic mass is 79.9. The molecule has 0 atom stereocenters. The predicted molar refractivity (Wildman–Crippen MR) is 114 cm³/mol. The van der Waals surface area contributed by atoms with E-state index in [0.717, 1.165) is 22.9 Å². The number of likely N-dealkylation sites (tertiary alicyclic amines) is 1. The van der Waals surface area contributed by atoms with Crippen molar-refractivity contribution in [2.24, 2.45) is 0 Å². The highest BCUT2D eigenvalue weighted by Crippen LogP contribution is 2.14. The van der Waals surface area contributed by atoms with Crippen LogP contribution >= 0.6 is 15.9 Å². The fourth-order valence-electron chi connectivity index (χ4n) is 3.13. The number of benzene rings is 1. The first kappa shape index (κ1) is 23.2. The van der Waals surface area contributed by atoms with E-state index < -0.39 is 11.7 Å². The first-order chi connectivity index (χ1) is 13.6. The molecule has 0 unspecified atom stereocenters. The topological polar surface area (TPSA) is 87.7 Å². The van der Waals surface area contributed by atoms with Gasteiger partial charge in [0.1, 0.15) is 5.60 Å². The monoisotopic (exact) mass is 467 g/mol. The van der Waals surface area contributed by atoms with Crippen molar-refractivity contribution in [3.05, 3.63) is 34.3 Å². The van der Waals surface area contributed by atoms with Crippen LogP contribution in [0.1, 0.15) is 45.6 Å². The maximum Gasteiger partial charge on any atom is 0.407 e. The summed E-state index contributed by atoms with van der Waals surface area (Å²) in [5, 5.41) is 5.66. The average molecular weight is 468 g/mol. The van der Waals surface area contributed by atoms with Gasteiger partial charge >= 0.3 is 6.09 Å². The second-order valence-electron chi connectivity index (χ2n) is 8.21. The van der Waals surface area contributed by atoms with Gasteiger partial charge in [0.15, 0.2) is 0 Å². The number of carbonyl (C=O) groups is 3. The Bertz CT molecular complexity index is 725. The summed E-state index contributed by atoms with van der Waals surface area (Å²) in [6.07, 6.45) is 1.52. The van der Waals surface area contributed by atoms with Crippen molar-refractivity contribution in [1.82, 2.24) is 15.5 Å². The van der Waals surface area contributed by atoms with Crippen molar-refractivity contribution < 1.29 is 19.1 Å². The zero-order chi connectivity index (χ0) is 21.4. The Morgan fingerprint density at radius 3 is 2.52 bits per heavy atom. The molecule has 0 aliphatic carbocycles. The van der Waals surface area contributed by atoms with Gasteiger partial charge in [0.2, 0.25) is 11.8 Å². The molecule has 29 heavy (non-hydrogen) atoms. The van der Waals surface area contributed by atoms with E-state index in [4.69, 9.17) is 4.74 Å². The molecule has 7 nitrogen and oxygen atoms in total. The van der Waals surface area contributed by atoms with E-state index in [-0.39, 0.29) is 30.8 Å². The molecular weight excluding hydrogens is 438 g/mol. The Balaban J connectivity index is 1.65. The van der Waals surface area contributed by atoms with Gasteiger partial charge in [-0.15, -0.1) is 0 Å². The number of carbonyl (C=O) groups excluding carboxylic acids is 3. The standard InChI is InChI=1S/C21H30BrN3O4/c1-21(2,3)29-20(28)23-10-7-19(27)25-11-8-17(9-12-25)24-18(26)14-15-5-4-6-16(22)13-15/h4-6,13,17H,7-12,14H2,1-3H3,(H,23,28)(H,24,26). The number of halogens is 1. The number of hydrogen-bond donors (Lipinski definition) is 2. The van der Waals surface area contributed by atoms with Crippen LogP contribution in [0, 0.1) is 0 Å². The smallest absolute Gasteiger partial charge is 0.407 e. The van der Waals surface area contributed by atoms with Crippen molar-refractivity contribution in [1.29, 1.82) is 0 Å². The molecule has 1 aliphatic rings. The third-order valence-electron chi connectivity index (χ3n) is 4.47. The molecule has 0 bridgehead atoms. The van der Waals surface area contributed by atoms with Gasteiger partial charge in [-0.05, 0) is 51.3 Å². The Morgan fingerprint density at radius 2 is 1.90 bits per heavy atom. The Kier molecular flexibility index (Phi) is 8.49. The zero-order valence-corrected chi connectivity index (χ0v) is 18.9. The van der Waals surface area contributed by atoms with Gasteiger partial charge in [-0.2, -0.15) is 0 Å². The molecule has 3 amide bonds. The van der Waals surface area contributed by atoms with Crippen molar-refractivity contribution in [3.63, 3.8) is 0 Å². The van der Waals surface area contributed by atoms with E-state index in [1.165, 1.54) is 0 Å². The maximum atomic E-state index is 12.3. The van der Waals surface area contributed by atoms with Crippen LogP contribution in [0.15, 0.2) is 28.7 Å². The highest BCUT2D eigenvalue weighted by Gasteiger charge is 2.24. The van der Waals surface area contributed by atoms with Crippen LogP contribution < -0.4 is 10.6 Å². The minimum absolute atomic E-state index is 0.0000269. The minimum atomic E-state index is -0.558. The van der Waals surface area contributed by atoms with Gasteiger partial charge in [0.05, 0.1) is 6.42 Å². The molecular formula is C21H30BrN3O4. The normalized spacial score (nSPS) is 15.0. The Labute approximate surface area is 180 Å². The van der Waals surface area contributed by atoms with E-state index in [9.17, 15) is 14.4 Å². The number of nitrogens with zero attached hydrogens (tertiary/aromatic N) is 1. The minimum Gasteiger partial charge on any atom is -0.444 e. The maximum absolute atomic E-state index is 12.3. The lowest BCUT2D eigenvalue weighted by Crippen LogP contribution is -2.47. The van der Waals surface area contributed by atoms with Crippen LogP contribution in [0.2, 0.25) is 0 Å². The van der Waals surface area contributed by atoms with Crippen LogP contribution in [0.4, 0.5) is 4.79 Å². The molecule has 2 N–H and O–H groups in total. The highest BCUT2D eigenvalue weighted by molar-refractivity contribution is 9.10. The average Bonchev–Trinajstić information content (AvgIpc) is 2.60. The van der Waals surface area contributed by atoms with Crippen molar-refractivity contribution in [3.8, 4) is 0 Å². The van der Waals surface area contributed by atoms with E-state index >= 15 is 0 Å². The molecule has 8 heteroatoms. The van der Waals surface area contributed by atoms with Gasteiger partial charge in [-0.25, -0.2) is 4.79 Å². The van der Waals surface area contributed by atoms with E-state index in [1.807, 2.05) is 24.3 Å². The summed E-state index contributed by atoms with van der Waals surface area (Å²) in [6, 6.07) is 7.79. The fraction of sp³-hybridized carbons (Fsp3) is 0.571. The van der Waals surface area contributed by atoms with Crippen molar-refractivity contribution in [2.75, 3.05) is 19.6 Å². The third kappa shape index (κ3) is 8.85. The van der Waals surface area contributed by atoms with Gasteiger partial charge < -0.3 is 20.3 Å². The van der Waals surface area contributed by atoms with Crippen LogP contribution in [0.25, 0.3) is 0 Å². The second-order valence-corrected chi connectivity index (χ2v) is 9.12. The second kappa shape index (κ2) is 10.6. The molecule has 0 spiro atoms. The number of nitrogens with one attached hydrogen (secondary N) is 2. The first-order valence-corrected chi connectivity index (χ1v) is 10.7. The summed E-state index contributed by atoms with van der Waals surface area (Å²) in [5.41, 5.74) is 0.402. The summed E-state index contributed by atoms with van der Waals surface area (Å²) in [6.45, 7) is 6.83. The van der Waals surface area contributed by atoms with Gasteiger partial charge in [0, 0.05) is 36.6 Å². The molecule has 2 rings (SSSR count). The number of rotatable bonds is 6. The summed E-state index contributed by atoms with van der Waals surface area (Å²) >= 11 is 3.41. The lowest BCUT2D eigenvalue weighted by Gasteiger charge is -2.32. The molecule has 1 aliphatic heterocycles. The van der Waals surface area contributed by atoms with Crippen LogP contribution in [0.5, 0.6) is 0 Å². The molecule has 160 valence electrons. The van der Waals surface area contributed by atoms with Crippen LogP contribution in [-0.4, -0.2) is 54.1 Å². The van der Waals surface area contributed by atoms with E-state index in [1.54, 1.807) is 25.7 Å². The number of ether oxygens (including phenoxy) is 1. The molecule has 0 aromatic heterocycles. The lowest BCUT2D eigenvalue weighted by molar-refractivity contribution is -0.132. The molecule has 1 aromatic rings. The van der Waals surface area contributed by atoms with Crippen molar-refractivity contribution >= 4 is 33.8 Å². The van der Waals surface area contributed by atoms with Gasteiger partial charge in [0.25, 0.3) is 0 Å². The van der Waals surface area contributed by atoms with Crippen LogP contribution in [-0.2, 0) is 20.7 Å². The Hall–Kier alpha value is -2.09. The Morgan fingerprint density at radius 1 is 1.21 bits per heavy atom. The SMILES string of the molecule is CC(C)(C)OC(=O)NCCC(=O)N1CCC(NC(=O)Cc2cccc(Br)c2)CC1. The quantitative estimate of drug-likeness (QED) is 0.672. The number of piperidine rings is 1. The molecule has 1 fully saturated rings. The number of amides is 3. The molecule has 1 heterocycles. The largest absolute Gasteiger partial charge is 0.444 e.